The van der Waals surface area contributed by atoms with Crippen LogP contribution >= 0.6 is 11.6 Å². The molecule has 19 heavy (non-hydrogen) atoms. The van der Waals surface area contributed by atoms with E-state index in [1.165, 1.54) is 24.5 Å². The molecule has 9 heteroatoms. The van der Waals surface area contributed by atoms with Gasteiger partial charge in [0.05, 0.1) is 11.5 Å². The quantitative estimate of drug-likeness (QED) is 0.647. The Morgan fingerprint density at radius 2 is 2.32 bits per heavy atom. The summed E-state index contributed by atoms with van der Waals surface area (Å²) in [5.74, 6) is -0.163. The number of aromatic nitrogens is 3. The second-order valence-electron chi connectivity index (χ2n) is 3.53. The van der Waals surface area contributed by atoms with E-state index >= 15 is 0 Å². The SMILES string of the molecule is O=C(NCc1ncn[nH]1)c1cc(Cl)ccc1[N+](=O)[O-]. The van der Waals surface area contributed by atoms with Crippen molar-refractivity contribution in [3.05, 3.63) is 51.1 Å². The Morgan fingerprint density at radius 1 is 1.53 bits per heavy atom. The molecule has 0 atom stereocenters. The summed E-state index contributed by atoms with van der Waals surface area (Å²) in [5, 5.41) is 19.7. The molecule has 0 aliphatic rings. The number of carbonyl (C=O) groups is 1. The Kier molecular flexibility index (Phi) is 3.71. The van der Waals surface area contributed by atoms with Gasteiger partial charge in [-0.15, -0.1) is 0 Å². The number of nitro benzene ring substituents is 1. The highest BCUT2D eigenvalue weighted by atomic mass is 35.5. The van der Waals surface area contributed by atoms with Crippen LogP contribution in [0.5, 0.6) is 0 Å². The van der Waals surface area contributed by atoms with Gasteiger partial charge in [-0.3, -0.25) is 20.0 Å². The molecule has 0 bridgehead atoms. The van der Waals surface area contributed by atoms with Crippen LogP contribution in [0.15, 0.2) is 24.5 Å². The first-order chi connectivity index (χ1) is 9.08. The molecule has 0 saturated carbocycles. The summed E-state index contributed by atoms with van der Waals surface area (Å²) < 4.78 is 0. The van der Waals surface area contributed by atoms with Crippen LogP contribution in [-0.2, 0) is 6.54 Å². The van der Waals surface area contributed by atoms with Crippen LogP contribution in [0.2, 0.25) is 5.02 Å². The molecular weight excluding hydrogens is 274 g/mol. The summed E-state index contributed by atoms with van der Waals surface area (Å²) in [6.45, 7) is 0.0858. The maximum Gasteiger partial charge on any atom is 0.282 e. The fourth-order valence-electron chi connectivity index (χ4n) is 1.42. The number of hydrogen-bond donors (Lipinski definition) is 2. The van der Waals surface area contributed by atoms with Gasteiger partial charge in [0, 0.05) is 11.1 Å². The lowest BCUT2D eigenvalue weighted by atomic mass is 10.1. The molecule has 0 aliphatic heterocycles. The molecule has 0 spiro atoms. The summed E-state index contributed by atoms with van der Waals surface area (Å²) in [4.78, 5) is 25.9. The smallest absolute Gasteiger partial charge is 0.282 e. The molecule has 0 aliphatic carbocycles. The van der Waals surface area contributed by atoms with Crippen LogP contribution in [0.4, 0.5) is 5.69 Å². The van der Waals surface area contributed by atoms with Crippen molar-refractivity contribution < 1.29 is 9.72 Å². The van der Waals surface area contributed by atoms with E-state index in [1.807, 2.05) is 0 Å². The van der Waals surface area contributed by atoms with Gasteiger partial charge in [-0.25, -0.2) is 4.98 Å². The van der Waals surface area contributed by atoms with Gasteiger partial charge >= 0.3 is 0 Å². The lowest BCUT2D eigenvalue weighted by Crippen LogP contribution is -2.24. The third-order valence-corrected chi connectivity index (χ3v) is 2.52. The average molecular weight is 282 g/mol. The number of nitrogens with zero attached hydrogens (tertiary/aromatic N) is 3. The molecule has 2 rings (SSSR count). The van der Waals surface area contributed by atoms with E-state index in [2.05, 4.69) is 20.5 Å². The fraction of sp³-hybridized carbons (Fsp3) is 0.100. The van der Waals surface area contributed by atoms with Crippen molar-refractivity contribution in [2.75, 3.05) is 0 Å². The fourth-order valence-corrected chi connectivity index (χ4v) is 1.60. The molecule has 0 radical (unpaired) electrons. The largest absolute Gasteiger partial charge is 0.345 e. The number of amides is 1. The Labute approximate surface area is 112 Å². The minimum absolute atomic E-state index is 0.0858. The summed E-state index contributed by atoms with van der Waals surface area (Å²) in [6.07, 6.45) is 1.29. The van der Waals surface area contributed by atoms with Crippen molar-refractivity contribution in [2.24, 2.45) is 0 Å². The van der Waals surface area contributed by atoms with Crippen LogP contribution in [0, 0.1) is 10.1 Å². The number of carbonyl (C=O) groups excluding carboxylic acids is 1. The van der Waals surface area contributed by atoms with Gasteiger partial charge < -0.3 is 5.32 Å². The Bertz CT molecular complexity index is 614. The molecule has 1 aromatic carbocycles. The molecule has 2 N–H and O–H groups in total. The van der Waals surface area contributed by atoms with E-state index in [9.17, 15) is 14.9 Å². The zero-order chi connectivity index (χ0) is 13.8. The average Bonchev–Trinajstić information content (AvgIpc) is 2.88. The molecule has 0 saturated heterocycles. The number of aromatic amines is 1. The molecule has 1 aromatic heterocycles. The Morgan fingerprint density at radius 3 is 2.95 bits per heavy atom. The molecule has 0 fully saturated rings. The highest BCUT2D eigenvalue weighted by Gasteiger charge is 2.20. The normalized spacial score (nSPS) is 10.2. The van der Waals surface area contributed by atoms with E-state index in [0.717, 1.165) is 0 Å². The highest BCUT2D eigenvalue weighted by molar-refractivity contribution is 6.31. The maximum absolute atomic E-state index is 11.9. The van der Waals surface area contributed by atoms with Crippen molar-refractivity contribution in [2.45, 2.75) is 6.54 Å². The molecular formula is C10H8ClN5O3. The Balaban J connectivity index is 2.18. The van der Waals surface area contributed by atoms with Gasteiger partial charge in [0.25, 0.3) is 11.6 Å². The van der Waals surface area contributed by atoms with E-state index < -0.39 is 10.8 Å². The first-order valence-corrected chi connectivity index (χ1v) is 5.52. The van der Waals surface area contributed by atoms with Gasteiger partial charge in [0.2, 0.25) is 0 Å². The van der Waals surface area contributed by atoms with Crippen molar-refractivity contribution in [3.8, 4) is 0 Å². The third kappa shape index (κ3) is 3.05. The standard InChI is InChI=1S/C10H8ClN5O3/c11-6-1-2-8(16(18)19)7(3-6)10(17)12-4-9-13-5-14-15-9/h1-3,5H,4H2,(H,12,17)(H,13,14,15). The second-order valence-corrected chi connectivity index (χ2v) is 3.97. The zero-order valence-corrected chi connectivity index (χ0v) is 10.2. The van der Waals surface area contributed by atoms with Crippen LogP contribution in [0.25, 0.3) is 0 Å². The van der Waals surface area contributed by atoms with E-state index in [-0.39, 0.29) is 22.8 Å². The van der Waals surface area contributed by atoms with Crippen LogP contribution in [0.3, 0.4) is 0 Å². The van der Waals surface area contributed by atoms with Gasteiger partial charge in [-0.05, 0) is 12.1 Å². The summed E-state index contributed by atoms with van der Waals surface area (Å²) in [5.41, 5.74) is -0.406. The predicted octanol–water partition coefficient (Wildman–Crippen LogP) is 1.30. The molecule has 98 valence electrons. The molecule has 1 heterocycles. The zero-order valence-electron chi connectivity index (χ0n) is 9.46. The number of halogens is 1. The van der Waals surface area contributed by atoms with Crippen LogP contribution < -0.4 is 5.32 Å². The molecule has 8 nitrogen and oxygen atoms in total. The first-order valence-electron chi connectivity index (χ1n) is 5.14. The van der Waals surface area contributed by atoms with Crippen molar-refractivity contribution in [1.82, 2.24) is 20.5 Å². The number of nitro groups is 1. The summed E-state index contributed by atoms with van der Waals surface area (Å²) in [6, 6.07) is 3.79. The lowest BCUT2D eigenvalue weighted by Gasteiger charge is -2.04. The molecule has 2 aromatic rings. The van der Waals surface area contributed by atoms with E-state index in [0.29, 0.717) is 5.82 Å². The van der Waals surface area contributed by atoms with Gasteiger partial charge in [-0.2, -0.15) is 5.10 Å². The van der Waals surface area contributed by atoms with Gasteiger partial charge in [-0.1, -0.05) is 11.6 Å². The summed E-state index contributed by atoms with van der Waals surface area (Å²) in [7, 11) is 0. The highest BCUT2D eigenvalue weighted by Crippen LogP contribution is 2.22. The number of hydrogen-bond acceptors (Lipinski definition) is 5. The van der Waals surface area contributed by atoms with E-state index in [1.54, 1.807) is 0 Å². The number of nitrogens with one attached hydrogen (secondary N) is 2. The third-order valence-electron chi connectivity index (χ3n) is 2.28. The second kappa shape index (κ2) is 5.44. The Hall–Kier alpha value is -2.48. The van der Waals surface area contributed by atoms with E-state index in [4.69, 9.17) is 11.6 Å². The summed E-state index contributed by atoms with van der Waals surface area (Å²) >= 11 is 5.73. The predicted molar refractivity (Wildman–Crippen MR) is 65.7 cm³/mol. The molecule has 0 unspecified atom stereocenters. The van der Waals surface area contributed by atoms with Crippen molar-refractivity contribution >= 4 is 23.2 Å². The molecule has 1 amide bonds. The first kappa shape index (κ1) is 13.0. The number of benzene rings is 1. The lowest BCUT2D eigenvalue weighted by molar-refractivity contribution is -0.385. The van der Waals surface area contributed by atoms with Crippen LogP contribution in [-0.4, -0.2) is 26.0 Å². The van der Waals surface area contributed by atoms with Gasteiger partial charge in [0.15, 0.2) is 0 Å². The monoisotopic (exact) mass is 281 g/mol. The van der Waals surface area contributed by atoms with Gasteiger partial charge in [0.1, 0.15) is 17.7 Å². The minimum Gasteiger partial charge on any atom is -0.345 e. The topological polar surface area (TPSA) is 114 Å². The minimum atomic E-state index is -0.639. The van der Waals surface area contributed by atoms with Crippen molar-refractivity contribution in [3.63, 3.8) is 0 Å². The number of rotatable bonds is 4. The maximum atomic E-state index is 11.9. The number of H-pyrrole nitrogens is 1. The van der Waals surface area contributed by atoms with Crippen molar-refractivity contribution in [1.29, 1.82) is 0 Å². The van der Waals surface area contributed by atoms with Crippen LogP contribution in [0.1, 0.15) is 16.2 Å².